The van der Waals surface area contributed by atoms with Gasteiger partial charge in [0.05, 0.1) is 5.92 Å². The van der Waals surface area contributed by atoms with Crippen LogP contribution in [-0.4, -0.2) is 29.9 Å². The second kappa shape index (κ2) is 4.97. The Labute approximate surface area is 93.0 Å². The molecule has 3 heteroatoms. The summed E-state index contributed by atoms with van der Waals surface area (Å²) in [4.78, 5) is 14.0. The molecule has 3 unspecified atom stereocenters. The molecule has 1 amide bonds. The Morgan fingerprint density at radius 3 is 2.33 bits per heavy atom. The number of amides is 1. The summed E-state index contributed by atoms with van der Waals surface area (Å²) in [6.07, 6.45) is 3.07. The Morgan fingerprint density at radius 2 is 1.93 bits per heavy atom. The van der Waals surface area contributed by atoms with Gasteiger partial charge in [0.25, 0.3) is 0 Å². The molecule has 15 heavy (non-hydrogen) atoms. The summed E-state index contributed by atoms with van der Waals surface area (Å²) >= 11 is 0. The van der Waals surface area contributed by atoms with Crippen LogP contribution in [-0.2, 0) is 4.79 Å². The van der Waals surface area contributed by atoms with E-state index < -0.39 is 0 Å². The van der Waals surface area contributed by atoms with Gasteiger partial charge in [-0.3, -0.25) is 4.79 Å². The van der Waals surface area contributed by atoms with E-state index in [0.29, 0.717) is 12.0 Å². The summed E-state index contributed by atoms with van der Waals surface area (Å²) in [6, 6.07) is 0.379. The number of carbonyl (C=O) groups is 1. The number of carbonyl (C=O) groups excluding carboxylic acids is 1. The standard InChI is InChI=1S/C12H24N2O/c1-8(2)9(3)14(4)12(15)10-6-5-7-11(10)13/h8-11H,5-7,13H2,1-4H3. The van der Waals surface area contributed by atoms with Gasteiger partial charge >= 0.3 is 0 Å². The van der Waals surface area contributed by atoms with Gasteiger partial charge in [-0.05, 0) is 25.7 Å². The largest absolute Gasteiger partial charge is 0.343 e. The molecule has 3 atom stereocenters. The molecule has 3 nitrogen and oxygen atoms in total. The SMILES string of the molecule is CC(C)C(C)N(C)C(=O)C1CCCC1N. The van der Waals surface area contributed by atoms with E-state index in [1.807, 2.05) is 11.9 Å². The van der Waals surface area contributed by atoms with Crippen LogP contribution in [0.1, 0.15) is 40.0 Å². The first kappa shape index (κ1) is 12.5. The number of nitrogens with zero attached hydrogens (tertiary/aromatic N) is 1. The zero-order chi connectivity index (χ0) is 11.6. The molecule has 0 saturated heterocycles. The lowest BCUT2D eigenvalue weighted by Gasteiger charge is -2.31. The number of nitrogens with two attached hydrogens (primary N) is 1. The number of hydrogen-bond acceptors (Lipinski definition) is 2. The second-order valence-electron chi connectivity index (χ2n) is 5.14. The highest BCUT2D eigenvalue weighted by Crippen LogP contribution is 2.26. The highest BCUT2D eigenvalue weighted by atomic mass is 16.2. The van der Waals surface area contributed by atoms with Crippen molar-refractivity contribution in [3.8, 4) is 0 Å². The van der Waals surface area contributed by atoms with Crippen molar-refractivity contribution in [1.29, 1.82) is 0 Å². The molecule has 0 bridgehead atoms. The summed E-state index contributed by atoms with van der Waals surface area (Å²) < 4.78 is 0. The Bertz CT molecular complexity index is 228. The molecule has 1 rings (SSSR count). The lowest BCUT2D eigenvalue weighted by atomic mass is 9.99. The lowest BCUT2D eigenvalue weighted by molar-refractivity contribution is -0.137. The van der Waals surface area contributed by atoms with E-state index in [1.54, 1.807) is 0 Å². The predicted molar refractivity (Wildman–Crippen MR) is 62.4 cm³/mol. The van der Waals surface area contributed by atoms with Crippen LogP contribution in [0.2, 0.25) is 0 Å². The zero-order valence-corrected chi connectivity index (χ0v) is 10.4. The third kappa shape index (κ3) is 2.71. The molecule has 0 aromatic carbocycles. The van der Waals surface area contributed by atoms with E-state index in [0.717, 1.165) is 19.3 Å². The Balaban J connectivity index is 2.59. The summed E-state index contributed by atoms with van der Waals surface area (Å²) in [6.45, 7) is 6.38. The number of rotatable bonds is 3. The first-order valence-electron chi connectivity index (χ1n) is 5.97. The third-order valence-corrected chi connectivity index (χ3v) is 3.81. The van der Waals surface area contributed by atoms with Crippen LogP contribution in [0, 0.1) is 11.8 Å². The van der Waals surface area contributed by atoms with Crippen LogP contribution in [0.4, 0.5) is 0 Å². The van der Waals surface area contributed by atoms with E-state index >= 15 is 0 Å². The van der Waals surface area contributed by atoms with E-state index in [9.17, 15) is 4.79 Å². The monoisotopic (exact) mass is 212 g/mol. The second-order valence-corrected chi connectivity index (χ2v) is 5.14. The van der Waals surface area contributed by atoms with Crippen molar-refractivity contribution in [3.05, 3.63) is 0 Å². The molecular formula is C12H24N2O. The van der Waals surface area contributed by atoms with Gasteiger partial charge in [-0.15, -0.1) is 0 Å². The van der Waals surface area contributed by atoms with E-state index in [1.165, 1.54) is 0 Å². The van der Waals surface area contributed by atoms with Gasteiger partial charge < -0.3 is 10.6 Å². The highest BCUT2D eigenvalue weighted by molar-refractivity contribution is 5.80. The molecule has 1 fully saturated rings. The molecule has 0 spiro atoms. The van der Waals surface area contributed by atoms with Crippen molar-refractivity contribution in [2.24, 2.45) is 17.6 Å². The van der Waals surface area contributed by atoms with Crippen molar-refractivity contribution in [1.82, 2.24) is 4.90 Å². The fourth-order valence-electron chi connectivity index (χ4n) is 2.20. The average molecular weight is 212 g/mol. The average Bonchev–Trinajstić information content (AvgIpc) is 2.60. The fourth-order valence-corrected chi connectivity index (χ4v) is 2.20. The molecule has 1 aliphatic rings. The van der Waals surface area contributed by atoms with Crippen molar-refractivity contribution in [2.75, 3.05) is 7.05 Å². The smallest absolute Gasteiger partial charge is 0.227 e. The maximum absolute atomic E-state index is 12.1. The Morgan fingerprint density at radius 1 is 1.33 bits per heavy atom. The molecule has 2 N–H and O–H groups in total. The van der Waals surface area contributed by atoms with Crippen molar-refractivity contribution >= 4 is 5.91 Å². The summed E-state index contributed by atoms with van der Waals surface area (Å²) in [5.41, 5.74) is 5.95. The normalized spacial score (nSPS) is 28.1. The molecule has 0 aromatic rings. The summed E-state index contributed by atoms with van der Waals surface area (Å²) in [7, 11) is 1.90. The van der Waals surface area contributed by atoms with Gasteiger partial charge in [-0.2, -0.15) is 0 Å². The van der Waals surface area contributed by atoms with E-state index in [2.05, 4.69) is 20.8 Å². The van der Waals surface area contributed by atoms with Gasteiger partial charge in [-0.1, -0.05) is 20.3 Å². The Kier molecular flexibility index (Phi) is 4.14. The molecule has 1 saturated carbocycles. The minimum atomic E-state index is 0.0659. The molecular weight excluding hydrogens is 188 g/mol. The van der Waals surface area contributed by atoms with Crippen molar-refractivity contribution in [2.45, 2.75) is 52.1 Å². The topological polar surface area (TPSA) is 46.3 Å². The third-order valence-electron chi connectivity index (χ3n) is 3.81. The first-order valence-corrected chi connectivity index (χ1v) is 5.97. The van der Waals surface area contributed by atoms with E-state index in [4.69, 9.17) is 5.73 Å². The van der Waals surface area contributed by atoms with Crippen LogP contribution in [0.25, 0.3) is 0 Å². The highest BCUT2D eigenvalue weighted by Gasteiger charge is 2.33. The van der Waals surface area contributed by atoms with Crippen LogP contribution in [0.3, 0.4) is 0 Å². The molecule has 1 aliphatic carbocycles. The molecule has 0 heterocycles. The summed E-state index contributed by atoms with van der Waals surface area (Å²) in [5, 5.41) is 0. The van der Waals surface area contributed by atoms with Crippen molar-refractivity contribution in [3.63, 3.8) is 0 Å². The maximum atomic E-state index is 12.1. The van der Waals surface area contributed by atoms with Crippen LogP contribution >= 0.6 is 0 Å². The Hall–Kier alpha value is -0.570. The zero-order valence-electron chi connectivity index (χ0n) is 10.4. The minimum Gasteiger partial charge on any atom is -0.343 e. The predicted octanol–water partition coefficient (Wildman–Crippen LogP) is 1.62. The fraction of sp³-hybridized carbons (Fsp3) is 0.917. The van der Waals surface area contributed by atoms with Crippen molar-refractivity contribution < 1.29 is 4.79 Å². The molecule has 0 aromatic heterocycles. The first-order chi connectivity index (χ1) is 6.95. The summed E-state index contributed by atoms with van der Waals surface area (Å²) in [5.74, 6) is 0.800. The number of hydrogen-bond donors (Lipinski definition) is 1. The van der Waals surface area contributed by atoms with Crippen LogP contribution in [0.15, 0.2) is 0 Å². The quantitative estimate of drug-likeness (QED) is 0.772. The van der Waals surface area contributed by atoms with Gasteiger partial charge in [0, 0.05) is 19.1 Å². The maximum Gasteiger partial charge on any atom is 0.227 e. The van der Waals surface area contributed by atoms with Crippen LogP contribution in [0.5, 0.6) is 0 Å². The van der Waals surface area contributed by atoms with Gasteiger partial charge in [-0.25, -0.2) is 0 Å². The van der Waals surface area contributed by atoms with Gasteiger partial charge in [0.2, 0.25) is 5.91 Å². The van der Waals surface area contributed by atoms with E-state index in [-0.39, 0.29) is 17.9 Å². The van der Waals surface area contributed by atoms with Gasteiger partial charge in [0.1, 0.15) is 0 Å². The van der Waals surface area contributed by atoms with Gasteiger partial charge in [0.15, 0.2) is 0 Å². The molecule has 0 radical (unpaired) electrons. The lowest BCUT2D eigenvalue weighted by Crippen LogP contribution is -2.45. The molecule has 88 valence electrons. The molecule has 0 aliphatic heterocycles. The van der Waals surface area contributed by atoms with Crippen LogP contribution < -0.4 is 5.73 Å². The minimum absolute atomic E-state index is 0.0659.